The molecule has 0 unspecified atom stereocenters. The molecule has 1 saturated heterocycles. The van der Waals surface area contributed by atoms with Crippen molar-refractivity contribution in [2.24, 2.45) is 0 Å². The standard InChI is InChI=1S/C26H45N3O5Si/c1-25(2,3)34-23(30)27-22(20-33-35(7,8)26(4,5)6)18-28-14-16-29(17-15-28)24(31)32-19-21-12-10-9-11-13-21/h9-13,22H,14-20H2,1-8H3,(H,27,30)/t22-/m1/s1. The van der Waals surface area contributed by atoms with E-state index in [2.05, 4.69) is 44.1 Å². The number of alkyl carbamates (subject to hydrolysis) is 1. The third-order valence-electron chi connectivity index (χ3n) is 6.49. The van der Waals surface area contributed by atoms with Crippen LogP contribution in [0.1, 0.15) is 47.1 Å². The highest BCUT2D eigenvalue weighted by Gasteiger charge is 2.38. The lowest BCUT2D eigenvalue weighted by Crippen LogP contribution is -2.55. The highest BCUT2D eigenvalue weighted by molar-refractivity contribution is 6.74. The van der Waals surface area contributed by atoms with Gasteiger partial charge in [0.1, 0.15) is 12.2 Å². The van der Waals surface area contributed by atoms with Crippen LogP contribution in [0, 0.1) is 0 Å². The average molecular weight is 508 g/mol. The first-order chi connectivity index (χ1) is 16.2. The molecule has 1 aliphatic rings. The molecule has 0 bridgehead atoms. The molecule has 2 rings (SSSR count). The Morgan fingerprint density at radius 2 is 1.60 bits per heavy atom. The monoisotopic (exact) mass is 507 g/mol. The molecule has 1 heterocycles. The third kappa shape index (κ3) is 10.2. The number of amides is 2. The number of carbonyl (C=O) groups excluding carboxylic acids is 2. The molecule has 198 valence electrons. The number of nitrogens with one attached hydrogen (secondary N) is 1. The van der Waals surface area contributed by atoms with Crippen molar-refractivity contribution in [2.75, 3.05) is 39.3 Å². The lowest BCUT2D eigenvalue weighted by molar-refractivity contribution is 0.0440. The second kappa shape index (κ2) is 12.2. The summed E-state index contributed by atoms with van der Waals surface area (Å²) in [6, 6.07) is 9.46. The van der Waals surface area contributed by atoms with E-state index in [0.29, 0.717) is 39.3 Å². The number of benzene rings is 1. The third-order valence-corrected chi connectivity index (χ3v) is 11.0. The van der Waals surface area contributed by atoms with Crippen LogP contribution in [0.25, 0.3) is 0 Å². The Labute approximate surface area is 212 Å². The van der Waals surface area contributed by atoms with Crippen LogP contribution < -0.4 is 5.32 Å². The Morgan fingerprint density at radius 1 is 1.00 bits per heavy atom. The Balaban J connectivity index is 1.90. The van der Waals surface area contributed by atoms with Crippen LogP contribution in [0.5, 0.6) is 0 Å². The van der Waals surface area contributed by atoms with E-state index in [1.807, 2.05) is 51.1 Å². The molecule has 1 fully saturated rings. The highest BCUT2D eigenvalue weighted by Crippen LogP contribution is 2.36. The molecule has 0 radical (unpaired) electrons. The molecule has 1 aliphatic heterocycles. The zero-order valence-electron chi connectivity index (χ0n) is 22.8. The van der Waals surface area contributed by atoms with Crippen molar-refractivity contribution in [2.45, 2.75) is 77.9 Å². The zero-order chi connectivity index (χ0) is 26.3. The van der Waals surface area contributed by atoms with Crippen molar-refractivity contribution < 1.29 is 23.5 Å². The van der Waals surface area contributed by atoms with Crippen LogP contribution in [0.4, 0.5) is 9.59 Å². The predicted octanol–water partition coefficient (Wildman–Crippen LogP) is 4.86. The van der Waals surface area contributed by atoms with Crippen molar-refractivity contribution in [1.29, 1.82) is 0 Å². The first kappa shape index (κ1) is 29.1. The van der Waals surface area contributed by atoms with Crippen molar-refractivity contribution >= 4 is 20.5 Å². The molecule has 9 heteroatoms. The van der Waals surface area contributed by atoms with E-state index >= 15 is 0 Å². The Kier molecular flexibility index (Phi) is 10.2. The van der Waals surface area contributed by atoms with E-state index in [4.69, 9.17) is 13.9 Å². The molecule has 35 heavy (non-hydrogen) atoms. The lowest BCUT2D eigenvalue weighted by Gasteiger charge is -2.39. The molecule has 1 N–H and O–H groups in total. The number of nitrogens with zero attached hydrogens (tertiary/aromatic N) is 2. The van der Waals surface area contributed by atoms with Crippen molar-refractivity contribution in [3.8, 4) is 0 Å². The van der Waals surface area contributed by atoms with Gasteiger partial charge in [-0.1, -0.05) is 51.1 Å². The highest BCUT2D eigenvalue weighted by atomic mass is 28.4. The summed E-state index contributed by atoms with van der Waals surface area (Å²) in [6.07, 6.45) is -0.734. The molecule has 0 aliphatic carbocycles. The maximum atomic E-state index is 12.5. The van der Waals surface area contributed by atoms with E-state index in [9.17, 15) is 9.59 Å². The minimum Gasteiger partial charge on any atom is -0.445 e. The summed E-state index contributed by atoms with van der Waals surface area (Å²) in [7, 11) is -1.97. The molecular weight excluding hydrogens is 462 g/mol. The normalized spacial score (nSPS) is 16.5. The lowest BCUT2D eigenvalue weighted by atomic mass is 10.2. The van der Waals surface area contributed by atoms with E-state index in [1.165, 1.54) is 0 Å². The summed E-state index contributed by atoms with van der Waals surface area (Å²) < 4.78 is 17.4. The van der Waals surface area contributed by atoms with Gasteiger partial charge < -0.3 is 24.1 Å². The first-order valence-corrected chi connectivity index (χ1v) is 15.4. The molecule has 1 aromatic carbocycles. The smallest absolute Gasteiger partial charge is 0.410 e. The molecular formula is C26H45N3O5Si. The number of ether oxygens (including phenoxy) is 2. The van der Waals surface area contributed by atoms with Crippen molar-refractivity contribution in [3.63, 3.8) is 0 Å². The molecule has 8 nitrogen and oxygen atoms in total. The maximum Gasteiger partial charge on any atom is 0.410 e. The molecule has 0 saturated carbocycles. The first-order valence-electron chi connectivity index (χ1n) is 12.5. The van der Waals surface area contributed by atoms with Gasteiger partial charge in [-0.25, -0.2) is 9.59 Å². The number of piperazine rings is 1. The topological polar surface area (TPSA) is 80.3 Å². The number of carbonyl (C=O) groups is 2. The van der Waals surface area contributed by atoms with E-state index in [1.54, 1.807) is 4.90 Å². The zero-order valence-corrected chi connectivity index (χ0v) is 23.8. The van der Waals surface area contributed by atoms with Crippen molar-refractivity contribution in [3.05, 3.63) is 35.9 Å². The summed E-state index contributed by atoms with van der Waals surface area (Å²) in [5.41, 5.74) is 0.401. The molecule has 2 amide bonds. The van der Waals surface area contributed by atoms with E-state index < -0.39 is 20.0 Å². The van der Waals surface area contributed by atoms with Crippen molar-refractivity contribution in [1.82, 2.24) is 15.1 Å². The summed E-state index contributed by atoms with van der Waals surface area (Å²) >= 11 is 0. The second-order valence-electron chi connectivity index (χ2n) is 11.7. The van der Waals surface area contributed by atoms with Crippen LogP contribution in [-0.2, 0) is 20.5 Å². The molecule has 1 aromatic rings. The van der Waals surface area contributed by atoms with Gasteiger partial charge >= 0.3 is 12.2 Å². The van der Waals surface area contributed by atoms with Crippen LogP contribution in [0.3, 0.4) is 0 Å². The molecule has 0 aromatic heterocycles. The Hall–Kier alpha value is -2.10. The van der Waals surface area contributed by atoms with Crippen LogP contribution in [-0.4, -0.2) is 81.3 Å². The molecule has 1 atom stereocenters. The van der Waals surface area contributed by atoms with Crippen LogP contribution >= 0.6 is 0 Å². The van der Waals surface area contributed by atoms with E-state index in [-0.39, 0.29) is 23.8 Å². The summed E-state index contributed by atoms with van der Waals surface area (Å²) in [6.45, 7) is 20.4. The van der Waals surface area contributed by atoms with E-state index in [0.717, 1.165) is 5.56 Å². The summed E-state index contributed by atoms with van der Waals surface area (Å²) in [5, 5.41) is 3.09. The number of hydrogen-bond acceptors (Lipinski definition) is 6. The largest absolute Gasteiger partial charge is 0.445 e. The fourth-order valence-corrected chi connectivity index (χ4v) is 4.43. The van der Waals surface area contributed by atoms with Gasteiger partial charge in [0.05, 0.1) is 12.6 Å². The van der Waals surface area contributed by atoms with Crippen LogP contribution in [0.15, 0.2) is 30.3 Å². The van der Waals surface area contributed by atoms with Gasteiger partial charge in [0.15, 0.2) is 8.32 Å². The van der Waals surface area contributed by atoms with Gasteiger partial charge in [-0.15, -0.1) is 0 Å². The average Bonchev–Trinajstić information content (AvgIpc) is 2.75. The van der Waals surface area contributed by atoms with Gasteiger partial charge in [-0.2, -0.15) is 0 Å². The van der Waals surface area contributed by atoms with Gasteiger partial charge in [0.2, 0.25) is 0 Å². The second-order valence-corrected chi connectivity index (χ2v) is 16.6. The SMILES string of the molecule is CC(C)(C)OC(=O)N[C@@H](CO[Si](C)(C)C(C)(C)C)CN1CCN(C(=O)OCc2ccccc2)CC1. The summed E-state index contributed by atoms with van der Waals surface area (Å²) in [5.74, 6) is 0. The van der Waals surface area contributed by atoms with Gasteiger partial charge in [0, 0.05) is 32.7 Å². The fraction of sp³-hybridized carbons (Fsp3) is 0.692. The van der Waals surface area contributed by atoms with Gasteiger partial charge in [-0.05, 0) is 44.5 Å². The summed E-state index contributed by atoms with van der Waals surface area (Å²) in [4.78, 5) is 29.0. The Morgan fingerprint density at radius 3 is 2.14 bits per heavy atom. The molecule has 0 spiro atoms. The Bertz CT molecular complexity index is 813. The maximum absolute atomic E-state index is 12.5. The van der Waals surface area contributed by atoms with Gasteiger partial charge in [0.25, 0.3) is 0 Å². The predicted molar refractivity (Wildman–Crippen MR) is 141 cm³/mol. The number of hydrogen-bond donors (Lipinski definition) is 1. The minimum absolute atomic E-state index is 0.0786. The van der Waals surface area contributed by atoms with Gasteiger partial charge in [-0.3, -0.25) is 4.90 Å². The fourth-order valence-electron chi connectivity index (χ4n) is 3.37. The quantitative estimate of drug-likeness (QED) is 0.507. The minimum atomic E-state index is -1.97. The van der Waals surface area contributed by atoms with Crippen LogP contribution in [0.2, 0.25) is 18.1 Å². The number of rotatable bonds is 8.